The van der Waals surface area contributed by atoms with Gasteiger partial charge < -0.3 is 5.73 Å². The van der Waals surface area contributed by atoms with Gasteiger partial charge in [0, 0.05) is 17.6 Å². The summed E-state index contributed by atoms with van der Waals surface area (Å²) in [5.74, 6) is -0.137. The maximum atomic E-state index is 13.7. The summed E-state index contributed by atoms with van der Waals surface area (Å²) in [6, 6.07) is 7.18. The normalized spacial score (nSPS) is 15.6. The number of benzene rings is 1. The maximum Gasteiger partial charge on any atom is 0.127 e. The lowest BCUT2D eigenvalue weighted by Gasteiger charge is -2.31. The molecule has 0 aliphatic rings. The third-order valence-corrected chi connectivity index (χ3v) is 3.92. The van der Waals surface area contributed by atoms with Gasteiger partial charge in [-0.15, -0.1) is 0 Å². The monoisotopic (exact) mass is 266 g/mol. The van der Waals surface area contributed by atoms with E-state index in [-0.39, 0.29) is 23.3 Å². The third kappa shape index (κ3) is 4.59. The van der Waals surface area contributed by atoms with E-state index in [0.29, 0.717) is 0 Å². The van der Waals surface area contributed by atoms with E-state index in [2.05, 4.69) is 25.7 Å². The lowest BCUT2D eigenvalue weighted by Crippen LogP contribution is -2.38. The molecule has 3 heteroatoms. The molecule has 0 amide bonds. The smallest absolute Gasteiger partial charge is 0.127 e. The summed E-state index contributed by atoms with van der Waals surface area (Å²) in [4.78, 5) is 2.16. The Morgan fingerprint density at radius 3 is 2.37 bits per heavy atom. The quantitative estimate of drug-likeness (QED) is 0.882. The van der Waals surface area contributed by atoms with Gasteiger partial charge in [0.05, 0.1) is 0 Å². The van der Waals surface area contributed by atoms with Crippen LogP contribution in [0, 0.1) is 11.2 Å². The van der Waals surface area contributed by atoms with Crippen LogP contribution in [-0.4, -0.2) is 24.5 Å². The molecular weight excluding hydrogens is 239 g/mol. The summed E-state index contributed by atoms with van der Waals surface area (Å²) in [5.41, 5.74) is 7.02. The fourth-order valence-corrected chi connectivity index (χ4v) is 2.02. The molecular formula is C16H27FN2. The van der Waals surface area contributed by atoms with Crippen molar-refractivity contribution >= 4 is 0 Å². The van der Waals surface area contributed by atoms with E-state index in [0.717, 1.165) is 18.5 Å². The molecule has 0 spiro atoms. The second-order valence-electron chi connectivity index (χ2n) is 6.44. The van der Waals surface area contributed by atoms with Crippen LogP contribution in [0.15, 0.2) is 24.3 Å². The van der Waals surface area contributed by atoms with Crippen molar-refractivity contribution in [1.82, 2.24) is 4.90 Å². The van der Waals surface area contributed by atoms with Crippen LogP contribution in [0.25, 0.3) is 0 Å². The molecule has 0 aliphatic carbocycles. The van der Waals surface area contributed by atoms with Crippen LogP contribution >= 0.6 is 0 Å². The lowest BCUT2D eigenvalue weighted by atomic mass is 9.85. The Morgan fingerprint density at radius 2 is 1.84 bits per heavy atom. The van der Waals surface area contributed by atoms with Crippen molar-refractivity contribution in [3.63, 3.8) is 0 Å². The summed E-state index contributed by atoms with van der Waals surface area (Å²) in [6.45, 7) is 9.35. The highest BCUT2D eigenvalue weighted by Crippen LogP contribution is 2.24. The predicted octanol–water partition coefficient (Wildman–Crippen LogP) is 3.58. The van der Waals surface area contributed by atoms with Crippen molar-refractivity contribution in [2.45, 2.75) is 46.2 Å². The molecule has 0 aliphatic heterocycles. The largest absolute Gasteiger partial charge is 0.327 e. The Kier molecular flexibility index (Phi) is 5.50. The van der Waals surface area contributed by atoms with Crippen molar-refractivity contribution in [1.29, 1.82) is 0 Å². The first-order chi connectivity index (χ1) is 8.73. The Bertz CT molecular complexity index is 398. The summed E-state index contributed by atoms with van der Waals surface area (Å²) in [6.07, 6.45) is 0.915. The van der Waals surface area contributed by atoms with Crippen LogP contribution in [0.5, 0.6) is 0 Å². The minimum absolute atomic E-state index is 0.0633. The van der Waals surface area contributed by atoms with E-state index in [4.69, 9.17) is 5.73 Å². The molecule has 0 bridgehead atoms. The predicted molar refractivity (Wildman–Crippen MR) is 79.5 cm³/mol. The molecule has 19 heavy (non-hydrogen) atoms. The van der Waals surface area contributed by atoms with Crippen LogP contribution in [0.4, 0.5) is 4.39 Å². The highest BCUT2D eigenvalue weighted by atomic mass is 19.1. The number of rotatable bonds is 5. The second-order valence-corrected chi connectivity index (χ2v) is 6.44. The van der Waals surface area contributed by atoms with Gasteiger partial charge in [0.25, 0.3) is 0 Å². The zero-order valence-electron chi connectivity index (χ0n) is 12.8. The van der Waals surface area contributed by atoms with Gasteiger partial charge in [-0.05, 0) is 38.4 Å². The van der Waals surface area contributed by atoms with E-state index in [1.807, 2.05) is 26.1 Å². The zero-order valence-corrected chi connectivity index (χ0v) is 12.8. The second kappa shape index (κ2) is 6.49. The standard InChI is InChI=1S/C16H27FN2/c1-12(13-8-6-7-9-14(13)17)19(5)11-10-15(18)16(2,3)4/h6-9,12,15H,10-11,18H2,1-5H3. The summed E-state index contributed by atoms with van der Waals surface area (Å²) in [7, 11) is 2.02. The average molecular weight is 266 g/mol. The fraction of sp³-hybridized carbons (Fsp3) is 0.625. The molecule has 108 valence electrons. The van der Waals surface area contributed by atoms with Crippen LogP contribution < -0.4 is 5.73 Å². The molecule has 0 fully saturated rings. The Labute approximate surface area is 116 Å². The first kappa shape index (κ1) is 16.1. The molecule has 1 aromatic carbocycles. The topological polar surface area (TPSA) is 29.3 Å². The van der Waals surface area contributed by atoms with Crippen molar-refractivity contribution in [3.8, 4) is 0 Å². The molecule has 0 radical (unpaired) electrons. The van der Waals surface area contributed by atoms with Gasteiger partial charge in [-0.3, -0.25) is 4.90 Å². The molecule has 0 saturated carbocycles. The van der Waals surface area contributed by atoms with E-state index >= 15 is 0 Å². The molecule has 1 rings (SSSR count). The van der Waals surface area contributed by atoms with Crippen LogP contribution in [0.3, 0.4) is 0 Å². The van der Waals surface area contributed by atoms with Crippen LogP contribution in [-0.2, 0) is 0 Å². The van der Waals surface area contributed by atoms with Gasteiger partial charge in [0.15, 0.2) is 0 Å². The van der Waals surface area contributed by atoms with Gasteiger partial charge >= 0.3 is 0 Å². The van der Waals surface area contributed by atoms with Crippen molar-refractivity contribution in [2.75, 3.05) is 13.6 Å². The number of nitrogens with zero attached hydrogens (tertiary/aromatic N) is 1. The van der Waals surface area contributed by atoms with Gasteiger partial charge in [0.1, 0.15) is 5.82 Å². The minimum atomic E-state index is -0.137. The third-order valence-electron chi connectivity index (χ3n) is 3.92. The van der Waals surface area contributed by atoms with Gasteiger partial charge in [-0.2, -0.15) is 0 Å². The molecule has 2 nitrogen and oxygen atoms in total. The number of halogens is 1. The van der Waals surface area contributed by atoms with Crippen LogP contribution in [0.2, 0.25) is 0 Å². The Hall–Kier alpha value is -0.930. The highest BCUT2D eigenvalue weighted by molar-refractivity contribution is 5.20. The Balaban J connectivity index is 2.59. The number of nitrogens with two attached hydrogens (primary N) is 1. The van der Waals surface area contributed by atoms with Crippen molar-refractivity contribution in [3.05, 3.63) is 35.6 Å². The molecule has 0 heterocycles. The molecule has 2 N–H and O–H groups in total. The summed E-state index contributed by atoms with van der Waals surface area (Å²) >= 11 is 0. The van der Waals surface area contributed by atoms with Gasteiger partial charge in [0.2, 0.25) is 0 Å². The SMILES string of the molecule is CC(c1ccccc1F)N(C)CCC(N)C(C)(C)C. The van der Waals surface area contributed by atoms with E-state index in [1.54, 1.807) is 6.07 Å². The molecule has 0 saturated heterocycles. The lowest BCUT2D eigenvalue weighted by molar-refractivity contribution is 0.217. The summed E-state index contributed by atoms with van der Waals surface area (Å²) in [5, 5.41) is 0. The zero-order chi connectivity index (χ0) is 14.6. The number of hydrogen-bond acceptors (Lipinski definition) is 2. The van der Waals surface area contributed by atoms with Gasteiger partial charge in [-0.1, -0.05) is 39.0 Å². The highest BCUT2D eigenvalue weighted by Gasteiger charge is 2.22. The van der Waals surface area contributed by atoms with Gasteiger partial charge in [-0.25, -0.2) is 4.39 Å². The van der Waals surface area contributed by atoms with E-state index < -0.39 is 0 Å². The Morgan fingerprint density at radius 1 is 1.26 bits per heavy atom. The van der Waals surface area contributed by atoms with Crippen molar-refractivity contribution < 1.29 is 4.39 Å². The van der Waals surface area contributed by atoms with E-state index in [9.17, 15) is 4.39 Å². The average Bonchev–Trinajstić information content (AvgIpc) is 2.34. The van der Waals surface area contributed by atoms with Crippen molar-refractivity contribution in [2.24, 2.45) is 11.1 Å². The molecule has 2 atom stereocenters. The maximum absolute atomic E-state index is 13.7. The minimum Gasteiger partial charge on any atom is -0.327 e. The molecule has 1 aromatic rings. The fourth-order valence-electron chi connectivity index (χ4n) is 2.02. The first-order valence-corrected chi connectivity index (χ1v) is 6.93. The van der Waals surface area contributed by atoms with Crippen LogP contribution in [0.1, 0.15) is 45.7 Å². The first-order valence-electron chi connectivity index (χ1n) is 6.93. The number of hydrogen-bond donors (Lipinski definition) is 1. The molecule has 2 unspecified atom stereocenters. The van der Waals surface area contributed by atoms with E-state index in [1.165, 1.54) is 6.07 Å². The molecule has 0 aromatic heterocycles. The summed E-state index contributed by atoms with van der Waals surface area (Å²) < 4.78 is 13.7.